The molecule has 2 atom stereocenters. The van der Waals surface area contributed by atoms with Crippen molar-refractivity contribution in [2.75, 3.05) is 18.5 Å². The first kappa shape index (κ1) is 23.2. The SMILES string of the molecule is CC(NC(=O)Cc1ccccc1F)C(=O)N[C@@H]1CN(C)c2ccccc2C(c2ccccc2)=N1. The van der Waals surface area contributed by atoms with Crippen molar-refractivity contribution in [1.29, 1.82) is 0 Å². The van der Waals surface area contributed by atoms with E-state index in [0.717, 1.165) is 22.5 Å². The first-order valence-electron chi connectivity index (χ1n) is 11.2. The second kappa shape index (κ2) is 10.3. The molecule has 0 radical (unpaired) electrons. The fraction of sp³-hybridized carbons (Fsp3) is 0.222. The number of halogens is 1. The number of benzodiazepines with no additional fused rings is 1. The van der Waals surface area contributed by atoms with Crippen LogP contribution in [0, 0.1) is 5.82 Å². The third-order valence-electron chi connectivity index (χ3n) is 5.74. The molecule has 0 fully saturated rings. The van der Waals surface area contributed by atoms with Crippen LogP contribution in [0.15, 0.2) is 83.9 Å². The van der Waals surface area contributed by atoms with Crippen molar-refractivity contribution >= 4 is 23.2 Å². The van der Waals surface area contributed by atoms with Gasteiger partial charge in [0.25, 0.3) is 0 Å². The molecule has 6 nitrogen and oxygen atoms in total. The van der Waals surface area contributed by atoms with Gasteiger partial charge < -0.3 is 15.5 Å². The number of nitrogens with zero attached hydrogens (tertiary/aromatic N) is 2. The van der Waals surface area contributed by atoms with Gasteiger partial charge in [0.05, 0.1) is 18.7 Å². The standard InChI is InChI=1S/C27H27FN4O2/c1-18(29-25(33)16-20-12-6-8-14-22(20)28)27(34)31-24-17-32(2)23-15-9-7-13-21(23)26(30-24)19-10-4-3-5-11-19/h3-15,18,24H,16-17H2,1-2H3,(H,29,33)(H,31,34)/t18?,24-/m1/s1. The Morgan fingerprint density at radius 2 is 1.71 bits per heavy atom. The molecule has 0 saturated carbocycles. The first-order chi connectivity index (χ1) is 16.4. The van der Waals surface area contributed by atoms with Crippen molar-refractivity contribution in [3.05, 3.63) is 101 Å². The van der Waals surface area contributed by atoms with Gasteiger partial charge in [0.15, 0.2) is 0 Å². The molecule has 0 bridgehead atoms. The maximum absolute atomic E-state index is 13.8. The highest BCUT2D eigenvalue weighted by molar-refractivity contribution is 6.16. The van der Waals surface area contributed by atoms with Gasteiger partial charge in [0, 0.05) is 23.9 Å². The molecule has 1 unspecified atom stereocenters. The predicted molar refractivity (Wildman–Crippen MR) is 131 cm³/mol. The van der Waals surface area contributed by atoms with Crippen LogP contribution in [0.4, 0.5) is 10.1 Å². The molecular formula is C27H27FN4O2. The highest BCUT2D eigenvalue weighted by Crippen LogP contribution is 2.26. The summed E-state index contributed by atoms with van der Waals surface area (Å²) < 4.78 is 13.8. The summed E-state index contributed by atoms with van der Waals surface area (Å²) in [6.45, 7) is 2.07. The largest absolute Gasteiger partial charge is 0.370 e. The molecular weight excluding hydrogens is 431 g/mol. The summed E-state index contributed by atoms with van der Waals surface area (Å²) >= 11 is 0. The number of carbonyl (C=O) groups excluding carboxylic acids is 2. The molecule has 4 rings (SSSR count). The van der Waals surface area contributed by atoms with Gasteiger partial charge in [-0.25, -0.2) is 4.39 Å². The van der Waals surface area contributed by atoms with E-state index in [4.69, 9.17) is 4.99 Å². The van der Waals surface area contributed by atoms with Crippen LogP contribution in [0.25, 0.3) is 0 Å². The minimum absolute atomic E-state index is 0.137. The second-order valence-electron chi connectivity index (χ2n) is 8.32. The normalized spacial score (nSPS) is 16.0. The van der Waals surface area contributed by atoms with Gasteiger partial charge in [-0.05, 0) is 24.6 Å². The van der Waals surface area contributed by atoms with Crippen molar-refractivity contribution in [2.24, 2.45) is 4.99 Å². The van der Waals surface area contributed by atoms with Gasteiger partial charge in [0.1, 0.15) is 18.0 Å². The lowest BCUT2D eigenvalue weighted by molar-refractivity contribution is -0.128. The van der Waals surface area contributed by atoms with E-state index in [1.54, 1.807) is 25.1 Å². The molecule has 2 N–H and O–H groups in total. The summed E-state index contributed by atoms with van der Waals surface area (Å²) in [5, 5.41) is 5.60. The molecule has 0 aromatic heterocycles. The van der Waals surface area contributed by atoms with Crippen LogP contribution >= 0.6 is 0 Å². The van der Waals surface area contributed by atoms with E-state index in [0.29, 0.717) is 6.54 Å². The number of hydrogen-bond acceptors (Lipinski definition) is 4. The number of hydrogen-bond donors (Lipinski definition) is 2. The Morgan fingerprint density at radius 3 is 2.47 bits per heavy atom. The molecule has 7 heteroatoms. The van der Waals surface area contributed by atoms with Crippen LogP contribution in [-0.4, -0.2) is 43.3 Å². The van der Waals surface area contributed by atoms with Crippen molar-refractivity contribution < 1.29 is 14.0 Å². The van der Waals surface area contributed by atoms with Crippen LogP contribution < -0.4 is 15.5 Å². The fourth-order valence-electron chi connectivity index (χ4n) is 4.00. The van der Waals surface area contributed by atoms with Gasteiger partial charge in [-0.2, -0.15) is 0 Å². The topological polar surface area (TPSA) is 73.8 Å². The Balaban J connectivity index is 1.49. The molecule has 174 valence electrons. The number of anilines is 1. The first-order valence-corrected chi connectivity index (χ1v) is 11.2. The summed E-state index contributed by atoms with van der Waals surface area (Å²) in [4.78, 5) is 32.2. The van der Waals surface area contributed by atoms with E-state index in [9.17, 15) is 14.0 Å². The quantitative estimate of drug-likeness (QED) is 0.595. The lowest BCUT2D eigenvalue weighted by Crippen LogP contribution is -2.50. The highest BCUT2D eigenvalue weighted by Gasteiger charge is 2.25. The Hall–Kier alpha value is -4.00. The summed E-state index contributed by atoms with van der Waals surface area (Å²) in [6, 6.07) is 23.1. The number of aliphatic imine (C=N–C) groups is 1. The van der Waals surface area contributed by atoms with Gasteiger partial charge in [0.2, 0.25) is 11.8 Å². The molecule has 3 aromatic rings. The Morgan fingerprint density at radius 1 is 1.03 bits per heavy atom. The zero-order valence-electron chi connectivity index (χ0n) is 19.2. The predicted octanol–water partition coefficient (Wildman–Crippen LogP) is 3.30. The van der Waals surface area contributed by atoms with Gasteiger partial charge in [-0.15, -0.1) is 0 Å². The number of nitrogens with one attached hydrogen (secondary N) is 2. The number of carbonyl (C=O) groups is 2. The Labute approximate surface area is 198 Å². The third kappa shape index (κ3) is 5.31. The molecule has 1 aliphatic rings. The number of likely N-dealkylation sites (N-methyl/N-ethyl adjacent to an activating group) is 1. The molecule has 2 amide bonds. The monoisotopic (exact) mass is 458 g/mol. The van der Waals surface area contributed by atoms with E-state index < -0.39 is 23.9 Å². The lowest BCUT2D eigenvalue weighted by atomic mass is 10.0. The number of fused-ring (bicyclic) bond motifs is 1. The van der Waals surface area contributed by atoms with Crippen LogP contribution in [0.3, 0.4) is 0 Å². The van der Waals surface area contributed by atoms with Crippen LogP contribution in [0.1, 0.15) is 23.6 Å². The molecule has 0 saturated heterocycles. The summed E-state index contributed by atoms with van der Waals surface area (Å²) in [5.41, 5.74) is 4.04. The van der Waals surface area contributed by atoms with Gasteiger partial charge in [-0.3, -0.25) is 14.6 Å². The number of rotatable bonds is 6. The van der Waals surface area contributed by atoms with E-state index in [1.165, 1.54) is 6.07 Å². The Kier molecular flexibility index (Phi) is 7.01. The van der Waals surface area contributed by atoms with Crippen molar-refractivity contribution in [3.63, 3.8) is 0 Å². The van der Waals surface area contributed by atoms with Crippen molar-refractivity contribution in [3.8, 4) is 0 Å². The average molecular weight is 459 g/mol. The molecule has 34 heavy (non-hydrogen) atoms. The second-order valence-corrected chi connectivity index (χ2v) is 8.32. The third-order valence-corrected chi connectivity index (χ3v) is 5.74. The van der Waals surface area contributed by atoms with E-state index in [1.807, 2.05) is 61.6 Å². The van der Waals surface area contributed by atoms with Crippen molar-refractivity contribution in [1.82, 2.24) is 10.6 Å². The summed E-state index contributed by atoms with van der Waals surface area (Å²) in [5.74, 6) is -1.23. The van der Waals surface area contributed by atoms with Crippen molar-refractivity contribution in [2.45, 2.75) is 25.6 Å². The molecule has 0 spiro atoms. The number of para-hydroxylation sites is 1. The maximum atomic E-state index is 13.8. The fourth-order valence-corrected chi connectivity index (χ4v) is 4.00. The zero-order chi connectivity index (χ0) is 24.1. The van der Waals surface area contributed by atoms with E-state index >= 15 is 0 Å². The highest BCUT2D eigenvalue weighted by atomic mass is 19.1. The van der Waals surface area contributed by atoms with Gasteiger partial charge >= 0.3 is 0 Å². The molecule has 0 aliphatic carbocycles. The number of benzene rings is 3. The van der Waals surface area contributed by atoms with Crippen LogP contribution in [-0.2, 0) is 16.0 Å². The molecule has 3 aromatic carbocycles. The molecule has 1 aliphatic heterocycles. The maximum Gasteiger partial charge on any atom is 0.243 e. The minimum Gasteiger partial charge on any atom is -0.370 e. The average Bonchev–Trinajstić information content (AvgIpc) is 2.97. The smallest absolute Gasteiger partial charge is 0.243 e. The van der Waals surface area contributed by atoms with E-state index in [2.05, 4.69) is 15.5 Å². The minimum atomic E-state index is -0.800. The van der Waals surface area contributed by atoms with Crippen LogP contribution in [0.2, 0.25) is 0 Å². The van der Waals surface area contributed by atoms with E-state index in [-0.39, 0.29) is 17.9 Å². The zero-order valence-corrected chi connectivity index (χ0v) is 19.2. The summed E-state index contributed by atoms with van der Waals surface area (Å²) in [6.07, 6.45) is -0.659. The van der Waals surface area contributed by atoms with Gasteiger partial charge in [-0.1, -0.05) is 66.7 Å². The van der Waals surface area contributed by atoms with Crippen LogP contribution in [0.5, 0.6) is 0 Å². The summed E-state index contributed by atoms with van der Waals surface area (Å²) in [7, 11) is 1.96. The molecule has 1 heterocycles. The lowest BCUT2D eigenvalue weighted by Gasteiger charge is -2.24. The Bertz CT molecular complexity index is 1210. The number of amides is 2.